The molecular weight excluding hydrogens is 385 g/mol. The smallest absolute Gasteiger partial charge is 0.255 e. The van der Waals surface area contributed by atoms with Gasteiger partial charge in [0.15, 0.2) is 0 Å². The standard InChI is InChI=1S/C23H30FN3O3/c1-26(2)11-16-30-22-6-4-3-5-20(22)23(28)25-17-21(27-12-14-29-15-13-27)18-7-9-19(24)10-8-18/h3-10,21H,11-17H2,1-2H3,(H,25,28). The molecule has 3 rings (SSSR count). The van der Waals surface area contributed by atoms with Gasteiger partial charge in [-0.1, -0.05) is 24.3 Å². The number of rotatable bonds is 9. The van der Waals surface area contributed by atoms with Crippen molar-refractivity contribution in [3.05, 3.63) is 65.5 Å². The van der Waals surface area contributed by atoms with E-state index in [1.807, 2.05) is 37.2 Å². The molecule has 0 radical (unpaired) electrons. The second-order valence-electron chi connectivity index (χ2n) is 7.57. The summed E-state index contributed by atoms with van der Waals surface area (Å²) in [5.74, 6) is 0.115. The molecule has 1 heterocycles. The molecule has 1 atom stereocenters. The molecule has 6 nitrogen and oxygen atoms in total. The van der Waals surface area contributed by atoms with E-state index in [9.17, 15) is 9.18 Å². The second-order valence-corrected chi connectivity index (χ2v) is 7.57. The Balaban J connectivity index is 1.69. The van der Waals surface area contributed by atoms with Gasteiger partial charge in [-0.2, -0.15) is 0 Å². The number of amides is 1. The fourth-order valence-corrected chi connectivity index (χ4v) is 3.43. The van der Waals surface area contributed by atoms with Crippen LogP contribution in [0.4, 0.5) is 4.39 Å². The van der Waals surface area contributed by atoms with Crippen LogP contribution in [0.2, 0.25) is 0 Å². The highest BCUT2D eigenvalue weighted by Gasteiger charge is 2.24. The first kappa shape index (κ1) is 22.2. The third kappa shape index (κ3) is 6.26. The third-order valence-corrected chi connectivity index (χ3v) is 5.12. The molecule has 7 heteroatoms. The summed E-state index contributed by atoms with van der Waals surface area (Å²) in [5, 5.41) is 3.04. The molecule has 0 spiro atoms. The number of halogens is 1. The van der Waals surface area contributed by atoms with Crippen LogP contribution in [-0.4, -0.2) is 75.8 Å². The summed E-state index contributed by atoms with van der Waals surface area (Å²) >= 11 is 0. The van der Waals surface area contributed by atoms with Gasteiger partial charge in [-0.05, 0) is 43.9 Å². The highest BCUT2D eigenvalue weighted by molar-refractivity contribution is 5.96. The van der Waals surface area contributed by atoms with Crippen molar-refractivity contribution >= 4 is 5.91 Å². The van der Waals surface area contributed by atoms with Gasteiger partial charge >= 0.3 is 0 Å². The van der Waals surface area contributed by atoms with Crippen LogP contribution in [0.5, 0.6) is 5.75 Å². The molecule has 2 aromatic carbocycles. The molecule has 0 bridgehead atoms. The van der Waals surface area contributed by atoms with E-state index in [2.05, 4.69) is 10.2 Å². The molecule has 1 aliphatic heterocycles. The first-order valence-corrected chi connectivity index (χ1v) is 10.3. The summed E-state index contributed by atoms with van der Waals surface area (Å²) in [5.41, 5.74) is 1.48. The van der Waals surface area contributed by atoms with E-state index in [-0.39, 0.29) is 17.8 Å². The number of benzene rings is 2. The van der Waals surface area contributed by atoms with Crippen LogP contribution in [0.1, 0.15) is 22.0 Å². The van der Waals surface area contributed by atoms with Crippen molar-refractivity contribution in [3.8, 4) is 5.75 Å². The minimum absolute atomic E-state index is 0.0553. The van der Waals surface area contributed by atoms with Gasteiger partial charge in [0.1, 0.15) is 18.2 Å². The number of nitrogens with one attached hydrogen (secondary N) is 1. The van der Waals surface area contributed by atoms with Crippen LogP contribution in [0, 0.1) is 5.82 Å². The van der Waals surface area contributed by atoms with Gasteiger partial charge in [0, 0.05) is 26.2 Å². The maximum Gasteiger partial charge on any atom is 0.255 e. The van der Waals surface area contributed by atoms with Crippen LogP contribution in [-0.2, 0) is 4.74 Å². The van der Waals surface area contributed by atoms with Crippen molar-refractivity contribution in [2.75, 3.05) is 60.1 Å². The number of ether oxygens (including phenoxy) is 2. The molecule has 0 saturated carbocycles. The maximum absolute atomic E-state index is 13.4. The zero-order valence-corrected chi connectivity index (χ0v) is 17.6. The topological polar surface area (TPSA) is 54.0 Å². The van der Waals surface area contributed by atoms with Gasteiger partial charge in [0.05, 0.1) is 24.8 Å². The van der Waals surface area contributed by atoms with Crippen LogP contribution >= 0.6 is 0 Å². The Hall–Kier alpha value is -2.48. The van der Waals surface area contributed by atoms with E-state index in [0.29, 0.717) is 37.7 Å². The van der Waals surface area contributed by atoms with Gasteiger partial charge in [-0.25, -0.2) is 4.39 Å². The molecule has 1 amide bonds. The predicted octanol–water partition coefficient (Wildman–Crippen LogP) is 2.57. The minimum atomic E-state index is -0.271. The zero-order valence-electron chi connectivity index (χ0n) is 17.6. The Labute approximate surface area is 177 Å². The number of morpholine rings is 1. The van der Waals surface area contributed by atoms with E-state index < -0.39 is 0 Å². The number of nitrogens with zero attached hydrogens (tertiary/aromatic N) is 2. The van der Waals surface area contributed by atoms with Crippen molar-refractivity contribution < 1.29 is 18.7 Å². The van der Waals surface area contributed by atoms with Crippen LogP contribution < -0.4 is 10.1 Å². The summed E-state index contributed by atoms with van der Waals surface area (Å²) in [7, 11) is 3.95. The van der Waals surface area contributed by atoms with E-state index in [4.69, 9.17) is 9.47 Å². The molecule has 0 aliphatic carbocycles. The lowest BCUT2D eigenvalue weighted by molar-refractivity contribution is 0.0162. The molecule has 1 unspecified atom stereocenters. The van der Waals surface area contributed by atoms with Crippen molar-refractivity contribution in [1.29, 1.82) is 0 Å². The molecule has 0 aromatic heterocycles. The van der Waals surface area contributed by atoms with Crippen LogP contribution in [0.15, 0.2) is 48.5 Å². The number of hydrogen-bond acceptors (Lipinski definition) is 5. The first-order valence-electron chi connectivity index (χ1n) is 10.3. The highest BCUT2D eigenvalue weighted by Crippen LogP contribution is 2.23. The van der Waals surface area contributed by atoms with Crippen molar-refractivity contribution in [2.45, 2.75) is 6.04 Å². The van der Waals surface area contributed by atoms with E-state index in [1.54, 1.807) is 18.2 Å². The van der Waals surface area contributed by atoms with Gasteiger partial charge < -0.3 is 19.7 Å². The third-order valence-electron chi connectivity index (χ3n) is 5.12. The lowest BCUT2D eigenvalue weighted by Gasteiger charge is -2.35. The lowest BCUT2D eigenvalue weighted by atomic mass is 10.0. The Bertz CT molecular complexity index is 808. The van der Waals surface area contributed by atoms with Gasteiger partial charge in [-0.15, -0.1) is 0 Å². The summed E-state index contributed by atoms with van der Waals surface area (Å²) in [4.78, 5) is 17.2. The molecule has 30 heavy (non-hydrogen) atoms. The second kappa shape index (κ2) is 11.1. The molecule has 1 saturated heterocycles. The summed E-state index contributed by atoms with van der Waals surface area (Å²) in [6.45, 7) is 4.51. The van der Waals surface area contributed by atoms with Crippen molar-refractivity contribution in [1.82, 2.24) is 15.1 Å². The monoisotopic (exact) mass is 415 g/mol. The lowest BCUT2D eigenvalue weighted by Crippen LogP contribution is -2.43. The van der Waals surface area contributed by atoms with E-state index in [1.165, 1.54) is 12.1 Å². The number of carbonyl (C=O) groups is 1. The number of para-hydroxylation sites is 1. The van der Waals surface area contributed by atoms with Gasteiger partial charge in [0.2, 0.25) is 0 Å². The normalized spacial score (nSPS) is 15.7. The van der Waals surface area contributed by atoms with Crippen molar-refractivity contribution in [3.63, 3.8) is 0 Å². The quantitative estimate of drug-likeness (QED) is 0.682. The van der Waals surface area contributed by atoms with E-state index >= 15 is 0 Å². The maximum atomic E-state index is 13.4. The predicted molar refractivity (Wildman–Crippen MR) is 114 cm³/mol. The Morgan fingerprint density at radius 2 is 1.87 bits per heavy atom. The molecule has 162 valence electrons. The summed E-state index contributed by atoms with van der Waals surface area (Å²) in [6, 6.07) is 13.7. The number of hydrogen-bond donors (Lipinski definition) is 1. The zero-order chi connectivity index (χ0) is 21.3. The average Bonchev–Trinajstić information content (AvgIpc) is 2.76. The van der Waals surface area contributed by atoms with Crippen LogP contribution in [0.25, 0.3) is 0 Å². The summed E-state index contributed by atoms with van der Waals surface area (Å²) < 4.78 is 24.7. The molecule has 1 N–H and O–H groups in total. The fourth-order valence-electron chi connectivity index (χ4n) is 3.43. The molecule has 2 aromatic rings. The Morgan fingerprint density at radius 3 is 2.57 bits per heavy atom. The number of carbonyl (C=O) groups excluding carboxylic acids is 1. The molecule has 1 aliphatic rings. The van der Waals surface area contributed by atoms with E-state index in [0.717, 1.165) is 25.2 Å². The summed E-state index contributed by atoms with van der Waals surface area (Å²) in [6.07, 6.45) is 0. The first-order chi connectivity index (χ1) is 14.5. The van der Waals surface area contributed by atoms with Crippen LogP contribution in [0.3, 0.4) is 0 Å². The molecule has 1 fully saturated rings. The minimum Gasteiger partial charge on any atom is -0.491 e. The van der Waals surface area contributed by atoms with Gasteiger partial charge in [-0.3, -0.25) is 9.69 Å². The fraction of sp³-hybridized carbons (Fsp3) is 0.435. The Morgan fingerprint density at radius 1 is 1.17 bits per heavy atom. The van der Waals surface area contributed by atoms with Crippen molar-refractivity contribution in [2.24, 2.45) is 0 Å². The Kier molecular flexibility index (Phi) is 8.19. The average molecular weight is 416 g/mol. The highest BCUT2D eigenvalue weighted by atomic mass is 19.1. The molecular formula is C23H30FN3O3. The SMILES string of the molecule is CN(C)CCOc1ccccc1C(=O)NCC(c1ccc(F)cc1)N1CCOCC1. The van der Waals surface area contributed by atoms with Gasteiger partial charge in [0.25, 0.3) is 5.91 Å². The largest absolute Gasteiger partial charge is 0.491 e. The number of likely N-dealkylation sites (N-methyl/N-ethyl adjacent to an activating group) is 1.